The van der Waals surface area contributed by atoms with Crippen LogP contribution < -0.4 is 9.88 Å². The Morgan fingerprint density at radius 1 is 1.45 bits per heavy atom. The van der Waals surface area contributed by atoms with E-state index in [2.05, 4.69) is 4.98 Å². The number of anilines is 1. The van der Waals surface area contributed by atoms with Gasteiger partial charge in [0.2, 0.25) is 0 Å². The van der Waals surface area contributed by atoms with Gasteiger partial charge in [-0.05, 0) is 0 Å². The second-order valence-electron chi connectivity index (χ2n) is 2.40. The van der Waals surface area contributed by atoms with E-state index in [1.807, 2.05) is 36.5 Å². The number of likely N-dealkylation sites (N-methyl/N-ethyl adjacent to an activating group) is 1. The first-order valence-electron chi connectivity index (χ1n) is 3.62. The smallest absolute Gasteiger partial charge is 0.169 e. The van der Waals surface area contributed by atoms with Crippen molar-refractivity contribution in [1.29, 1.82) is 0 Å². The Morgan fingerprint density at radius 2 is 2.09 bits per heavy atom. The van der Waals surface area contributed by atoms with Crippen LogP contribution in [0.15, 0.2) is 24.5 Å². The molecule has 60 valence electrons. The number of hydrogen-bond donors (Lipinski definition) is 1. The summed E-state index contributed by atoms with van der Waals surface area (Å²) in [6.45, 7) is 0.860. The van der Waals surface area contributed by atoms with Crippen LogP contribution in [0, 0.1) is 0 Å². The zero-order valence-electron chi connectivity index (χ0n) is 6.62. The lowest BCUT2D eigenvalue weighted by molar-refractivity contribution is -0.377. The molecular weight excluding hydrogens is 140 g/mol. The maximum atomic E-state index is 8.65. The first-order chi connectivity index (χ1) is 5.34. The summed E-state index contributed by atoms with van der Waals surface area (Å²) in [4.78, 5) is 4.93. The van der Waals surface area contributed by atoms with Crippen molar-refractivity contribution in [1.82, 2.24) is 0 Å². The molecule has 0 aromatic carbocycles. The summed E-state index contributed by atoms with van der Waals surface area (Å²) < 4.78 is 0. The van der Waals surface area contributed by atoms with Gasteiger partial charge in [-0.1, -0.05) is 0 Å². The fourth-order valence-corrected chi connectivity index (χ4v) is 0.912. The van der Waals surface area contributed by atoms with E-state index in [4.69, 9.17) is 5.11 Å². The van der Waals surface area contributed by atoms with E-state index in [0.29, 0.717) is 6.54 Å². The van der Waals surface area contributed by atoms with Crippen LogP contribution in [0.25, 0.3) is 0 Å². The van der Waals surface area contributed by atoms with Crippen LogP contribution in [-0.2, 0) is 0 Å². The summed E-state index contributed by atoms with van der Waals surface area (Å²) in [5.41, 5.74) is 1.11. The van der Waals surface area contributed by atoms with Gasteiger partial charge in [-0.15, -0.1) is 0 Å². The number of aromatic amines is 1. The number of nitrogens with zero attached hydrogens (tertiary/aromatic N) is 1. The lowest BCUT2D eigenvalue weighted by Crippen LogP contribution is -2.21. The normalized spacial score (nSPS) is 9.64. The number of nitrogens with one attached hydrogen (secondary N) is 1. The largest absolute Gasteiger partial charge is 0.395 e. The monoisotopic (exact) mass is 153 g/mol. The van der Waals surface area contributed by atoms with Crippen LogP contribution in [0.4, 0.5) is 5.69 Å². The average molecular weight is 153 g/mol. The van der Waals surface area contributed by atoms with Gasteiger partial charge >= 0.3 is 0 Å². The molecule has 1 heterocycles. The summed E-state index contributed by atoms with van der Waals surface area (Å²) in [6, 6.07) is 3.94. The van der Waals surface area contributed by atoms with Gasteiger partial charge in [0.1, 0.15) is 0 Å². The van der Waals surface area contributed by atoms with Crippen LogP contribution in [0.1, 0.15) is 0 Å². The highest BCUT2D eigenvalue weighted by molar-refractivity contribution is 5.42. The van der Waals surface area contributed by atoms with Crippen molar-refractivity contribution in [2.75, 3.05) is 25.1 Å². The molecule has 0 amide bonds. The second-order valence-corrected chi connectivity index (χ2v) is 2.40. The van der Waals surface area contributed by atoms with E-state index in [-0.39, 0.29) is 6.61 Å². The van der Waals surface area contributed by atoms with Crippen LogP contribution in [0.3, 0.4) is 0 Å². The van der Waals surface area contributed by atoms with Crippen molar-refractivity contribution in [3.63, 3.8) is 0 Å². The molecule has 1 rings (SSSR count). The van der Waals surface area contributed by atoms with E-state index < -0.39 is 0 Å². The highest BCUT2D eigenvalue weighted by atomic mass is 16.3. The number of pyridine rings is 1. The van der Waals surface area contributed by atoms with Gasteiger partial charge in [0, 0.05) is 31.4 Å². The molecule has 1 aromatic rings. The topological polar surface area (TPSA) is 37.6 Å². The first-order valence-corrected chi connectivity index (χ1v) is 3.62. The molecule has 0 saturated heterocycles. The highest BCUT2D eigenvalue weighted by Crippen LogP contribution is 2.06. The minimum Gasteiger partial charge on any atom is -0.395 e. The summed E-state index contributed by atoms with van der Waals surface area (Å²) in [6.07, 6.45) is 3.73. The Labute approximate surface area is 66.3 Å². The number of aromatic nitrogens is 1. The van der Waals surface area contributed by atoms with Crippen LogP contribution >= 0.6 is 0 Å². The molecule has 3 nitrogen and oxygen atoms in total. The molecule has 0 radical (unpaired) electrons. The molecule has 0 unspecified atom stereocenters. The molecule has 0 bridgehead atoms. The van der Waals surface area contributed by atoms with Gasteiger partial charge in [0.05, 0.1) is 6.61 Å². The van der Waals surface area contributed by atoms with E-state index in [1.54, 1.807) is 0 Å². The van der Waals surface area contributed by atoms with Gasteiger partial charge in [0.15, 0.2) is 12.4 Å². The molecule has 1 aromatic heterocycles. The summed E-state index contributed by atoms with van der Waals surface area (Å²) in [7, 11) is 1.95. The third kappa shape index (κ3) is 2.20. The van der Waals surface area contributed by atoms with E-state index in [0.717, 1.165) is 5.69 Å². The fraction of sp³-hybridized carbons (Fsp3) is 0.375. The average Bonchev–Trinajstić information content (AvgIpc) is 2.07. The highest BCUT2D eigenvalue weighted by Gasteiger charge is 1.98. The third-order valence-electron chi connectivity index (χ3n) is 1.58. The summed E-state index contributed by atoms with van der Waals surface area (Å²) in [5.74, 6) is 0. The molecule has 0 atom stereocenters. The van der Waals surface area contributed by atoms with E-state index in [1.165, 1.54) is 0 Å². The molecule has 11 heavy (non-hydrogen) atoms. The summed E-state index contributed by atoms with van der Waals surface area (Å²) >= 11 is 0. The third-order valence-corrected chi connectivity index (χ3v) is 1.58. The van der Waals surface area contributed by atoms with Gasteiger partial charge in [-0.25, -0.2) is 4.98 Å². The van der Waals surface area contributed by atoms with E-state index >= 15 is 0 Å². The van der Waals surface area contributed by atoms with Gasteiger partial charge in [0.25, 0.3) is 0 Å². The maximum Gasteiger partial charge on any atom is 0.169 e. The fourth-order valence-electron chi connectivity index (χ4n) is 0.912. The first kappa shape index (κ1) is 8.01. The molecule has 2 N–H and O–H groups in total. The molecule has 0 aliphatic rings. The molecular formula is C8H13N2O+. The maximum absolute atomic E-state index is 8.65. The van der Waals surface area contributed by atoms with Gasteiger partial charge < -0.3 is 10.0 Å². The van der Waals surface area contributed by atoms with Crippen molar-refractivity contribution in [2.24, 2.45) is 0 Å². The SMILES string of the molecule is CN(CCO)c1cc[nH+]cc1. The van der Waals surface area contributed by atoms with Gasteiger partial charge in [-0.2, -0.15) is 0 Å². The van der Waals surface area contributed by atoms with Crippen molar-refractivity contribution >= 4 is 5.69 Å². The number of H-pyrrole nitrogens is 1. The van der Waals surface area contributed by atoms with Crippen molar-refractivity contribution in [3.05, 3.63) is 24.5 Å². The van der Waals surface area contributed by atoms with Crippen molar-refractivity contribution in [3.8, 4) is 0 Å². The Kier molecular flexibility index (Phi) is 2.86. The quantitative estimate of drug-likeness (QED) is 0.660. The number of aliphatic hydroxyl groups excluding tert-OH is 1. The minimum absolute atomic E-state index is 0.190. The second kappa shape index (κ2) is 3.93. The Hall–Kier alpha value is -1.09. The minimum atomic E-state index is 0.190. The lowest BCUT2D eigenvalue weighted by Gasteiger charge is -2.15. The lowest BCUT2D eigenvalue weighted by atomic mass is 10.4. The molecule has 0 saturated carbocycles. The van der Waals surface area contributed by atoms with Gasteiger partial charge in [-0.3, -0.25) is 0 Å². The van der Waals surface area contributed by atoms with Crippen LogP contribution in [0.2, 0.25) is 0 Å². The zero-order valence-corrected chi connectivity index (χ0v) is 6.62. The standard InChI is InChI=1S/C8H12N2O/c1-10(6-7-11)8-2-4-9-5-3-8/h2-5,11H,6-7H2,1H3/p+1. The predicted octanol–water partition coefficient (Wildman–Crippen LogP) is -0.0708. The molecule has 0 aliphatic heterocycles. The molecule has 0 fully saturated rings. The van der Waals surface area contributed by atoms with Crippen LogP contribution in [0.5, 0.6) is 0 Å². The predicted molar refractivity (Wildman–Crippen MR) is 43.4 cm³/mol. The number of aliphatic hydroxyl groups is 1. The zero-order chi connectivity index (χ0) is 8.10. The molecule has 3 heteroatoms. The molecule has 0 spiro atoms. The Bertz CT molecular complexity index is 201. The van der Waals surface area contributed by atoms with Crippen molar-refractivity contribution in [2.45, 2.75) is 0 Å². The van der Waals surface area contributed by atoms with E-state index in [9.17, 15) is 0 Å². The van der Waals surface area contributed by atoms with Crippen LogP contribution in [-0.4, -0.2) is 25.3 Å². The summed E-state index contributed by atoms with van der Waals surface area (Å²) in [5, 5.41) is 8.65. The Morgan fingerprint density at radius 3 is 2.64 bits per heavy atom. The Balaban J connectivity index is 2.61. The molecule has 0 aliphatic carbocycles. The number of rotatable bonds is 3. The van der Waals surface area contributed by atoms with Crippen molar-refractivity contribution < 1.29 is 10.1 Å². The number of hydrogen-bond acceptors (Lipinski definition) is 2.